The third kappa shape index (κ3) is 3.03. The molecule has 0 N–H and O–H groups in total. The first-order valence-electron chi connectivity index (χ1n) is 9.47. The third-order valence-electron chi connectivity index (χ3n) is 5.54. The zero-order chi connectivity index (χ0) is 20.1. The SMILES string of the molecule is O=C1c2oc3ccc(F)cc3c(=O)c2[C@H](c2ccc(Cl)cc2)N1C[C@@H]1CCCO1. The molecular formula is C22H17ClFNO4. The van der Waals surface area contributed by atoms with Crippen molar-refractivity contribution in [2.45, 2.75) is 25.0 Å². The fourth-order valence-electron chi connectivity index (χ4n) is 4.18. The van der Waals surface area contributed by atoms with Crippen molar-refractivity contribution >= 4 is 28.5 Å². The van der Waals surface area contributed by atoms with E-state index in [1.807, 2.05) is 0 Å². The molecule has 1 amide bonds. The van der Waals surface area contributed by atoms with Crippen LogP contribution in [0.2, 0.25) is 5.02 Å². The number of nitrogens with zero attached hydrogens (tertiary/aromatic N) is 1. The fourth-order valence-corrected chi connectivity index (χ4v) is 4.31. The topological polar surface area (TPSA) is 59.8 Å². The highest BCUT2D eigenvalue weighted by atomic mass is 35.5. The Labute approximate surface area is 170 Å². The smallest absolute Gasteiger partial charge is 0.291 e. The Morgan fingerprint density at radius 2 is 1.93 bits per heavy atom. The number of carbonyl (C=O) groups excluding carboxylic acids is 1. The normalized spacial score (nSPS) is 21.2. The van der Waals surface area contributed by atoms with Crippen LogP contribution in [0.25, 0.3) is 11.0 Å². The molecule has 0 bridgehead atoms. The van der Waals surface area contributed by atoms with E-state index in [0.717, 1.165) is 24.5 Å². The van der Waals surface area contributed by atoms with Crippen LogP contribution in [0.1, 0.15) is 40.6 Å². The van der Waals surface area contributed by atoms with Crippen LogP contribution in [0.3, 0.4) is 0 Å². The minimum atomic E-state index is -0.636. The van der Waals surface area contributed by atoms with Crippen molar-refractivity contribution in [2.24, 2.45) is 0 Å². The average molecular weight is 414 g/mol. The van der Waals surface area contributed by atoms with E-state index in [1.54, 1.807) is 29.2 Å². The van der Waals surface area contributed by atoms with Crippen molar-refractivity contribution < 1.29 is 18.3 Å². The van der Waals surface area contributed by atoms with Gasteiger partial charge in [0.2, 0.25) is 5.76 Å². The zero-order valence-corrected chi connectivity index (χ0v) is 16.1. The van der Waals surface area contributed by atoms with Crippen LogP contribution in [-0.4, -0.2) is 30.1 Å². The summed E-state index contributed by atoms with van der Waals surface area (Å²) in [6, 6.07) is 10.1. The quantitative estimate of drug-likeness (QED) is 0.642. The van der Waals surface area contributed by atoms with E-state index < -0.39 is 17.3 Å². The lowest BCUT2D eigenvalue weighted by atomic mass is 9.98. The fraction of sp³-hybridized carbons (Fsp3) is 0.273. The van der Waals surface area contributed by atoms with Crippen molar-refractivity contribution in [1.29, 1.82) is 0 Å². The molecule has 0 radical (unpaired) electrons. The van der Waals surface area contributed by atoms with Crippen LogP contribution >= 0.6 is 11.6 Å². The maximum Gasteiger partial charge on any atom is 0.291 e. The van der Waals surface area contributed by atoms with Gasteiger partial charge in [-0.1, -0.05) is 23.7 Å². The Kier molecular flexibility index (Phi) is 4.41. The summed E-state index contributed by atoms with van der Waals surface area (Å²) in [5.41, 5.74) is 0.761. The van der Waals surface area contributed by atoms with Crippen molar-refractivity contribution in [3.05, 3.63) is 80.4 Å². The molecule has 3 aromatic rings. The highest BCUT2D eigenvalue weighted by Crippen LogP contribution is 2.39. The lowest BCUT2D eigenvalue weighted by Crippen LogP contribution is -2.36. The van der Waals surface area contributed by atoms with Gasteiger partial charge in [0.1, 0.15) is 11.4 Å². The second-order valence-corrected chi connectivity index (χ2v) is 7.80. The summed E-state index contributed by atoms with van der Waals surface area (Å²) >= 11 is 6.03. The first kappa shape index (κ1) is 18.3. The molecule has 0 spiro atoms. The van der Waals surface area contributed by atoms with Crippen LogP contribution in [0, 0.1) is 5.82 Å². The molecule has 2 atom stereocenters. The van der Waals surface area contributed by atoms with Crippen molar-refractivity contribution in [3.8, 4) is 0 Å². The second kappa shape index (κ2) is 6.97. The molecule has 2 aliphatic rings. The van der Waals surface area contributed by atoms with Gasteiger partial charge in [-0.05, 0) is 48.7 Å². The van der Waals surface area contributed by atoms with Crippen molar-refractivity contribution in [3.63, 3.8) is 0 Å². The van der Waals surface area contributed by atoms with Crippen molar-refractivity contribution in [2.75, 3.05) is 13.2 Å². The van der Waals surface area contributed by atoms with Gasteiger partial charge in [0.15, 0.2) is 5.43 Å². The minimum absolute atomic E-state index is 0.00653. The molecule has 29 heavy (non-hydrogen) atoms. The number of ether oxygens (including phenoxy) is 1. The first-order valence-corrected chi connectivity index (χ1v) is 9.85. The number of hydrogen-bond acceptors (Lipinski definition) is 4. The van der Waals surface area contributed by atoms with Crippen LogP contribution in [0.15, 0.2) is 51.7 Å². The summed E-state index contributed by atoms with van der Waals surface area (Å²) < 4.78 is 25.3. The summed E-state index contributed by atoms with van der Waals surface area (Å²) in [6.45, 7) is 1.01. The summed E-state index contributed by atoms with van der Waals surface area (Å²) in [6.07, 6.45) is 1.69. The van der Waals surface area contributed by atoms with Gasteiger partial charge in [0.25, 0.3) is 5.91 Å². The highest BCUT2D eigenvalue weighted by Gasteiger charge is 2.43. The molecule has 2 aliphatic heterocycles. The summed E-state index contributed by atoms with van der Waals surface area (Å²) in [5.74, 6) is -0.890. The number of hydrogen-bond donors (Lipinski definition) is 0. The van der Waals surface area contributed by atoms with E-state index in [1.165, 1.54) is 12.1 Å². The molecule has 5 rings (SSSR count). The average Bonchev–Trinajstić information content (AvgIpc) is 3.32. The summed E-state index contributed by atoms with van der Waals surface area (Å²) in [7, 11) is 0. The Hall–Kier alpha value is -2.70. The van der Waals surface area contributed by atoms with Crippen molar-refractivity contribution in [1.82, 2.24) is 4.90 Å². The monoisotopic (exact) mass is 413 g/mol. The van der Waals surface area contributed by atoms with Gasteiger partial charge in [-0.15, -0.1) is 0 Å². The molecule has 1 saturated heterocycles. The lowest BCUT2D eigenvalue weighted by Gasteiger charge is -2.27. The Morgan fingerprint density at radius 3 is 2.66 bits per heavy atom. The van der Waals surface area contributed by atoms with Gasteiger partial charge in [0, 0.05) is 18.2 Å². The summed E-state index contributed by atoms with van der Waals surface area (Å²) in [5, 5.41) is 0.672. The molecule has 5 nitrogen and oxygen atoms in total. The predicted octanol–water partition coefficient (Wildman–Crippen LogP) is 4.31. The maximum atomic E-state index is 13.8. The first-order chi connectivity index (χ1) is 14.0. The number of fused-ring (bicyclic) bond motifs is 2. The van der Waals surface area contributed by atoms with Crippen LogP contribution in [-0.2, 0) is 4.74 Å². The highest BCUT2D eigenvalue weighted by molar-refractivity contribution is 6.30. The van der Waals surface area contributed by atoms with E-state index in [9.17, 15) is 14.0 Å². The molecule has 2 aromatic carbocycles. The second-order valence-electron chi connectivity index (χ2n) is 7.36. The van der Waals surface area contributed by atoms with Gasteiger partial charge in [0.05, 0.1) is 23.1 Å². The van der Waals surface area contributed by atoms with E-state index in [0.29, 0.717) is 18.2 Å². The molecule has 0 saturated carbocycles. The number of carbonyl (C=O) groups is 1. The molecule has 0 aliphatic carbocycles. The zero-order valence-electron chi connectivity index (χ0n) is 15.4. The Bertz CT molecular complexity index is 1170. The van der Waals surface area contributed by atoms with Gasteiger partial charge in [-0.2, -0.15) is 0 Å². The molecular weight excluding hydrogens is 397 g/mol. The maximum absolute atomic E-state index is 13.8. The van der Waals surface area contributed by atoms with E-state index in [-0.39, 0.29) is 34.3 Å². The minimum Gasteiger partial charge on any atom is -0.450 e. The van der Waals surface area contributed by atoms with Gasteiger partial charge in [-0.25, -0.2) is 4.39 Å². The molecule has 0 unspecified atom stereocenters. The third-order valence-corrected chi connectivity index (χ3v) is 5.79. The molecule has 7 heteroatoms. The van der Waals surface area contributed by atoms with Gasteiger partial charge in [-0.3, -0.25) is 9.59 Å². The standard InChI is InChI=1S/C22H17ClFNO4/c23-13-5-3-12(4-6-13)19-18-20(26)16-10-14(24)7-8-17(16)29-21(18)22(27)25(19)11-15-2-1-9-28-15/h3-8,10,15,19H,1-2,9,11H2/t15-,19-/m0/s1. The van der Waals surface area contributed by atoms with E-state index in [4.69, 9.17) is 20.8 Å². The summed E-state index contributed by atoms with van der Waals surface area (Å²) in [4.78, 5) is 28.1. The van der Waals surface area contributed by atoms with Crippen LogP contribution in [0.5, 0.6) is 0 Å². The number of rotatable bonds is 3. The molecule has 148 valence electrons. The molecule has 3 heterocycles. The van der Waals surface area contributed by atoms with Crippen LogP contribution in [0.4, 0.5) is 4.39 Å². The number of amides is 1. The molecule has 1 fully saturated rings. The number of halogens is 2. The van der Waals surface area contributed by atoms with E-state index >= 15 is 0 Å². The van der Waals surface area contributed by atoms with Gasteiger partial charge >= 0.3 is 0 Å². The van der Waals surface area contributed by atoms with Crippen LogP contribution < -0.4 is 5.43 Å². The predicted molar refractivity (Wildman–Crippen MR) is 106 cm³/mol. The molecule has 1 aromatic heterocycles. The Balaban J connectivity index is 1.71. The van der Waals surface area contributed by atoms with Gasteiger partial charge < -0.3 is 14.1 Å². The Morgan fingerprint density at radius 1 is 1.14 bits per heavy atom. The van der Waals surface area contributed by atoms with E-state index in [2.05, 4.69) is 0 Å². The lowest BCUT2D eigenvalue weighted by molar-refractivity contribution is 0.0486. The number of benzene rings is 2. The largest absolute Gasteiger partial charge is 0.450 e.